The molecule has 2 amide bonds. The van der Waals surface area contributed by atoms with Crippen LogP contribution in [0.4, 0.5) is 4.79 Å². The van der Waals surface area contributed by atoms with Crippen LogP contribution in [0.15, 0.2) is 18.2 Å². The standard InChI is InChI=1S/C23H36N4O3/c1-25-11-13-27(14-12-25)22(28)24-18-7-8-23(9-10-26(2)21(23)16-18)17-5-6-19(29-3)20(15-17)30-4/h5-6,15,18,21H,7-14,16H2,1-4H3,(H,24,28)/t18-,21+,23+/m1/s1. The molecule has 7 nitrogen and oxygen atoms in total. The summed E-state index contributed by atoms with van der Waals surface area (Å²) in [6, 6.07) is 7.15. The molecule has 30 heavy (non-hydrogen) atoms. The molecule has 0 aromatic heterocycles. The second-order valence-electron chi connectivity index (χ2n) is 9.18. The Kier molecular flexibility index (Phi) is 6.11. The van der Waals surface area contributed by atoms with E-state index < -0.39 is 0 Å². The number of methoxy groups -OCH3 is 2. The Morgan fingerprint density at radius 2 is 1.77 bits per heavy atom. The summed E-state index contributed by atoms with van der Waals surface area (Å²) >= 11 is 0. The first-order valence-electron chi connectivity index (χ1n) is 11.1. The van der Waals surface area contributed by atoms with E-state index in [9.17, 15) is 4.79 Å². The first-order valence-corrected chi connectivity index (χ1v) is 11.1. The average molecular weight is 417 g/mol. The van der Waals surface area contributed by atoms with Crippen LogP contribution in [0.5, 0.6) is 11.5 Å². The quantitative estimate of drug-likeness (QED) is 0.815. The van der Waals surface area contributed by atoms with Gasteiger partial charge in [-0.05, 0) is 64.0 Å². The van der Waals surface area contributed by atoms with Gasteiger partial charge in [0, 0.05) is 43.7 Å². The molecule has 1 saturated carbocycles. The molecule has 3 aliphatic rings. The zero-order valence-electron chi connectivity index (χ0n) is 18.8. The number of likely N-dealkylation sites (N-methyl/N-ethyl adjacent to an activating group) is 2. The number of benzene rings is 1. The minimum Gasteiger partial charge on any atom is -0.493 e. The largest absolute Gasteiger partial charge is 0.493 e. The van der Waals surface area contributed by atoms with Crippen LogP contribution in [0, 0.1) is 0 Å². The summed E-state index contributed by atoms with van der Waals surface area (Å²) in [6.45, 7) is 4.61. The van der Waals surface area contributed by atoms with Crippen molar-refractivity contribution in [2.24, 2.45) is 0 Å². The second-order valence-corrected chi connectivity index (χ2v) is 9.18. The molecule has 1 aliphatic carbocycles. The fourth-order valence-corrected chi connectivity index (χ4v) is 5.67. The van der Waals surface area contributed by atoms with E-state index in [-0.39, 0.29) is 17.5 Å². The molecule has 0 spiro atoms. The van der Waals surface area contributed by atoms with Gasteiger partial charge in [-0.3, -0.25) is 0 Å². The van der Waals surface area contributed by atoms with Crippen molar-refractivity contribution >= 4 is 6.03 Å². The zero-order chi connectivity index (χ0) is 21.3. The van der Waals surface area contributed by atoms with Crippen LogP contribution in [0.3, 0.4) is 0 Å². The molecule has 1 aromatic rings. The van der Waals surface area contributed by atoms with Crippen molar-refractivity contribution in [3.8, 4) is 11.5 Å². The summed E-state index contributed by atoms with van der Waals surface area (Å²) in [4.78, 5) is 19.5. The minimum atomic E-state index is 0.104. The number of ether oxygens (including phenoxy) is 2. The van der Waals surface area contributed by atoms with Gasteiger partial charge in [0.1, 0.15) is 0 Å². The lowest BCUT2D eigenvalue weighted by Crippen LogP contribution is -2.56. The van der Waals surface area contributed by atoms with Crippen LogP contribution in [0.1, 0.15) is 31.2 Å². The van der Waals surface area contributed by atoms with Crippen LogP contribution in [-0.2, 0) is 5.41 Å². The first-order chi connectivity index (χ1) is 14.5. The number of rotatable bonds is 4. The summed E-state index contributed by atoms with van der Waals surface area (Å²) in [5.74, 6) is 1.57. The number of hydrogen-bond donors (Lipinski definition) is 1. The summed E-state index contributed by atoms with van der Waals surface area (Å²) in [7, 11) is 7.70. The fourth-order valence-electron chi connectivity index (χ4n) is 5.67. The highest BCUT2D eigenvalue weighted by Gasteiger charge is 2.50. The van der Waals surface area contributed by atoms with Gasteiger partial charge >= 0.3 is 6.03 Å². The highest BCUT2D eigenvalue weighted by molar-refractivity contribution is 5.74. The number of amides is 2. The molecular weight excluding hydrogens is 380 g/mol. The number of nitrogens with zero attached hydrogens (tertiary/aromatic N) is 3. The van der Waals surface area contributed by atoms with Gasteiger partial charge in [0.15, 0.2) is 11.5 Å². The third-order valence-corrected chi connectivity index (χ3v) is 7.60. The lowest BCUT2D eigenvalue weighted by molar-refractivity contribution is 0.132. The van der Waals surface area contributed by atoms with Gasteiger partial charge in [0.25, 0.3) is 0 Å². The topological polar surface area (TPSA) is 57.3 Å². The molecule has 3 atom stereocenters. The first kappa shape index (κ1) is 21.2. The van der Waals surface area contributed by atoms with Crippen LogP contribution < -0.4 is 14.8 Å². The van der Waals surface area contributed by atoms with Crippen molar-refractivity contribution in [2.75, 3.05) is 61.0 Å². The lowest BCUT2D eigenvalue weighted by Gasteiger charge is -2.45. The molecule has 3 fully saturated rings. The van der Waals surface area contributed by atoms with Crippen LogP contribution in [0.25, 0.3) is 0 Å². The van der Waals surface area contributed by atoms with Crippen molar-refractivity contribution in [1.82, 2.24) is 20.0 Å². The van der Waals surface area contributed by atoms with E-state index >= 15 is 0 Å². The van der Waals surface area contributed by atoms with Gasteiger partial charge in [-0.15, -0.1) is 0 Å². The normalized spacial score (nSPS) is 30.1. The molecule has 1 N–H and O–H groups in total. The third kappa shape index (κ3) is 3.85. The van der Waals surface area contributed by atoms with Crippen molar-refractivity contribution in [2.45, 2.75) is 43.2 Å². The Morgan fingerprint density at radius 3 is 2.47 bits per heavy atom. The number of likely N-dealkylation sites (tertiary alicyclic amines) is 1. The molecule has 2 aliphatic heterocycles. The molecule has 7 heteroatoms. The molecule has 0 bridgehead atoms. The van der Waals surface area contributed by atoms with Gasteiger partial charge in [-0.1, -0.05) is 6.07 Å². The molecule has 2 heterocycles. The van der Waals surface area contributed by atoms with Crippen molar-refractivity contribution < 1.29 is 14.3 Å². The Hall–Kier alpha value is -1.99. The maximum absolute atomic E-state index is 12.8. The summed E-state index contributed by atoms with van der Waals surface area (Å²) < 4.78 is 11.0. The Balaban J connectivity index is 1.48. The molecule has 166 valence electrons. The number of hydrogen-bond acceptors (Lipinski definition) is 5. The van der Waals surface area contributed by atoms with E-state index in [2.05, 4.69) is 41.3 Å². The molecule has 0 radical (unpaired) electrons. The smallest absolute Gasteiger partial charge is 0.317 e. The third-order valence-electron chi connectivity index (χ3n) is 7.60. The van der Waals surface area contributed by atoms with Crippen molar-refractivity contribution in [1.29, 1.82) is 0 Å². The Labute approximate surface area is 180 Å². The van der Waals surface area contributed by atoms with Gasteiger partial charge in [-0.25, -0.2) is 4.79 Å². The molecule has 0 unspecified atom stereocenters. The van der Waals surface area contributed by atoms with Crippen LogP contribution in [-0.4, -0.2) is 93.9 Å². The number of carbonyl (C=O) groups is 1. The van der Waals surface area contributed by atoms with E-state index in [1.807, 2.05) is 11.0 Å². The average Bonchev–Trinajstić information content (AvgIpc) is 3.11. The molecule has 4 rings (SSSR count). The number of fused-ring (bicyclic) bond motifs is 1. The Bertz CT molecular complexity index is 765. The van der Waals surface area contributed by atoms with E-state index in [1.165, 1.54) is 5.56 Å². The lowest BCUT2D eigenvalue weighted by atomic mass is 9.65. The van der Waals surface area contributed by atoms with Gasteiger partial charge in [0.2, 0.25) is 0 Å². The monoisotopic (exact) mass is 416 g/mol. The van der Waals surface area contributed by atoms with Crippen molar-refractivity contribution in [3.05, 3.63) is 23.8 Å². The van der Waals surface area contributed by atoms with Gasteiger partial charge < -0.3 is 29.5 Å². The molecule has 1 aromatic carbocycles. The maximum atomic E-state index is 12.8. The number of piperazine rings is 1. The van der Waals surface area contributed by atoms with E-state index in [4.69, 9.17) is 9.47 Å². The summed E-state index contributed by atoms with van der Waals surface area (Å²) in [5.41, 5.74) is 1.45. The Morgan fingerprint density at radius 1 is 1.03 bits per heavy atom. The summed E-state index contributed by atoms with van der Waals surface area (Å²) in [5, 5.41) is 3.34. The van der Waals surface area contributed by atoms with E-state index in [1.54, 1.807) is 14.2 Å². The predicted octanol–water partition coefficient (Wildman–Crippen LogP) is 2.16. The maximum Gasteiger partial charge on any atom is 0.317 e. The number of urea groups is 1. The number of carbonyl (C=O) groups excluding carboxylic acids is 1. The van der Waals surface area contributed by atoms with Crippen molar-refractivity contribution in [3.63, 3.8) is 0 Å². The molecular formula is C23H36N4O3. The van der Waals surface area contributed by atoms with Crippen LogP contribution in [0.2, 0.25) is 0 Å². The van der Waals surface area contributed by atoms with Gasteiger partial charge in [-0.2, -0.15) is 0 Å². The SMILES string of the molecule is COc1ccc([C@@]23CC[C@@H](NC(=O)N4CCN(C)CC4)C[C@@H]2N(C)CC3)cc1OC. The minimum absolute atomic E-state index is 0.104. The van der Waals surface area contributed by atoms with E-state index in [0.717, 1.165) is 69.9 Å². The van der Waals surface area contributed by atoms with Gasteiger partial charge in [0.05, 0.1) is 14.2 Å². The highest BCUT2D eigenvalue weighted by atomic mass is 16.5. The predicted molar refractivity (Wildman–Crippen MR) is 117 cm³/mol. The summed E-state index contributed by atoms with van der Waals surface area (Å²) in [6.07, 6.45) is 4.22. The number of nitrogens with one attached hydrogen (secondary N) is 1. The molecule has 2 saturated heterocycles. The highest BCUT2D eigenvalue weighted by Crippen LogP contribution is 2.49. The second kappa shape index (κ2) is 8.63. The zero-order valence-corrected chi connectivity index (χ0v) is 18.8. The van der Waals surface area contributed by atoms with E-state index in [0.29, 0.717) is 6.04 Å². The van der Waals surface area contributed by atoms with Crippen LogP contribution >= 0.6 is 0 Å². The fraction of sp³-hybridized carbons (Fsp3) is 0.696.